The van der Waals surface area contributed by atoms with Crippen LogP contribution in [0.3, 0.4) is 0 Å². The Morgan fingerprint density at radius 3 is 2.44 bits per heavy atom. The molecule has 0 aromatic heterocycles. The number of hydrogen-bond acceptors (Lipinski definition) is 5. The van der Waals surface area contributed by atoms with E-state index >= 15 is 0 Å². The summed E-state index contributed by atoms with van der Waals surface area (Å²) in [6.45, 7) is 7.03. The Morgan fingerprint density at radius 1 is 1.00 bits per heavy atom. The van der Waals surface area contributed by atoms with Gasteiger partial charge in [-0.05, 0) is 104 Å². The Hall–Kier alpha value is -1.63. The van der Waals surface area contributed by atoms with Crippen molar-refractivity contribution in [3.63, 3.8) is 0 Å². The van der Waals surface area contributed by atoms with Crippen molar-refractivity contribution >= 4 is 17.8 Å². The largest absolute Gasteiger partial charge is 0.481 e. The van der Waals surface area contributed by atoms with E-state index in [9.17, 15) is 19.5 Å². The number of carboxylic acid groups (broad SMARTS) is 1. The Morgan fingerprint density at radius 2 is 1.75 bits per heavy atom. The molecule has 0 radical (unpaired) electrons. The second-order valence-electron chi connectivity index (χ2n) is 13.0. The van der Waals surface area contributed by atoms with Crippen LogP contribution in [-0.2, 0) is 19.1 Å². The van der Waals surface area contributed by atoms with Crippen LogP contribution in [0.15, 0.2) is 0 Å². The van der Waals surface area contributed by atoms with E-state index in [2.05, 4.69) is 26.1 Å². The van der Waals surface area contributed by atoms with Gasteiger partial charge in [0.1, 0.15) is 0 Å². The molecule has 0 bridgehead atoms. The van der Waals surface area contributed by atoms with Crippen LogP contribution in [0.1, 0.15) is 97.8 Å². The molecule has 36 heavy (non-hydrogen) atoms. The van der Waals surface area contributed by atoms with Crippen LogP contribution in [-0.4, -0.2) is 47.3 Å². The van der Waals surface area contributed by atoms with E-state index in [0.29, 0.717) is 41.9 Å². The Balaban J connectivity index is 1.42. The van der Waals surface area contributed by atoms with Crippen LogP contribution in [0.2, 0.25) is 0 Å². The topological polar surface area (TPSA) is 113 Å². The van der Waals surface area contributed by atoms with Crippen molar-refractivity contribution in [2.45, 2.75) is 110 Å². The maximum atomic E-state index is 12.2. The fourth-order valence-electron chi connectivity index (χ4n) is 9.48. The van der Waals surface area contributed by atoms with E-state index < -0.39 is 5.97 Å². The molecule has 0 heterocycles. The van der Waals surface area contributed by atoms with E-state index in [1.54, 1.807) is 0 Å². The van der Waals surface area contributed by atoms with E-state index in [0.717, 1.165) is 38.5 Å². The summed E-state index contributed by atoms with van der Waals surface area (Å²) in [4.78, 5) is 34.8. The van der Waals surface area contributed by atoms with Crippen molar-refractivity contribution in [1.29, 1.82) is 0 Å². The number of aliphatic hydroxyl groups is 1. The highest BCUT2D eigenvalue weighted by atomic mass is 16.5. The zero-order valence-corrected chi connectivity index (χ0v) is 22.6. The fourth-order valence-corrected chi connectivity index (χ4v) is 9.48. The lowest BCUT2D eigenvalue weighted by molar-refractivity contribution is -0.170. The van der Waals surface area contributed by atoms with Gasteiger partial charge in [-0.15, -0.1) is 0 Å². The zero-order valence-electron chi connectivity index (χ0n) is 22.6. The molecule has 4 fully saturated rings. The number of carbonyl (C=O) groups excluding carboxylic acids is 2. The minimum absolute atomic E-state index is 0.0458. The van der Waals surface area contributed by atoms with E-state index in [1.165, 1.54) is 26.4 Å². The number of methoxy groups -OCH3 is 1. The van der Waals surface area contributed by atoms with Gasteiger partial charge in [0.15, 0.2) is 0 Å². The number of rotatable bonds is 8. The van der Waals surface area contributed by atoms with Gasteiger partial charge in [-0.2, -0.15) is 0 Å². The number of fused-ring (bicyclic) bond motifs is 5. The van der Waals surface area contributed by atoms with Gasteiger partial charge in [-0.3, -0.25) is 14.4 Å². The number of amides is 1. The van der Waals surface area contributed by atoms with Gasteiger partial charge >= 0.3 is 11.9 Å². The minimum atomic E-state index is -0.936. The molecular weight excluding hydrogens is 458 g/mol. The summed E-state index contributed by atoms with van der Waals surface area (Å²) in [5.41, 5.74) is 0.0946. The fraction of sp³-hybridized carbons (Fsp3) is 0.897. The summed E-state index contributed by atoms with van der Waals surface area (Å²) in [5, 5.41) is 23.7. The number of nitrogens with one attached hydrogen (secondary N) is 1. The van der Waals surface area contributed by atoms with Crippen molar-refractivity contribution in [3.8, 4) is 0 Å². The highest BCUT2D eigenvalue weighted by Crippen LogP contribution is 2.68. The quantitative estimate of drug-likeness (QED) is 0.417. The maximum absolute atomic E-state index is 12.2. The van der Waals surface area contributed by atoms with Crippen LogP contribution >= 0.6 is 0 Å². The number of carbonyl (C=O) groups is 3. The molecule has 4 unspecified atom stereocenters. The summed E-state index contributed by atoms with van der Waals surface area (Å²) >= 11 is 0. The number of hydrogen-bond donors (Lipinski definition) is 3. The van der Waals surface area contributed by atoms with Crippen molar-refractivity contribution in [2.75, 3.05) is 7.11 Å². The molecule has 0 spiro atoms. The SMILES string of the molecule is COC(=O)CCC(C)[C@H]1CCC2C3CC[C@@H]4C[C@H](NC(=O)CCC(=O)O)CC[C@]4(C)C3C[C@H](O)[C@@]21C. The molecule has 0 aromatic carbocycles. The normalized spacial score (nSPS) is 42.4. The zero-order chi connectivity index (χ0) is 26.3. The minimum Gasteiger partial charge on any atom is -0.481 e. The average molecular weight is 506 g/mol. The number of aliphatic carboxylic acids is 1. The van der Waals surface area contributed by atoms with Crippen molar-refractivity contribution in [1.82, 2.24) is 5.32 Å². The van der Waals surface area contributed by atoms with Crippen LogP contribution < -0.4 is 5.32 Å². The first kappa shape index (κ1) is 27.4. The Bertz CT molecular complexity index is 846. The maximum Gasteiger partial charge on any atom is 0.305 e. The molecule has 0 saturated heterocycles. The van der Waals surface area contributed by atoms with E-state index in [-0.39, 0.29) is 47.7 Å². The molecule has 7 heteroatoms. The molecule has 10 atom stereocenters. The highest BCUT2D eigenvalue weighted by molar-refractivity contribution is 5.80. The van der Waals surface area contributed by atoms with E-state index in [4.69, 9.17) is 9.84 Å². The predicted octanol–water partition coefficient (Wildman–Crippen LogP) is 4.56. The highest BCUT2D eigenvalue weighted by Gasteiger charge is 2.63. The average Bonchev–Trinajstić information content (AvgIpc) is 3.20. The summed E-state index contributed by atoms with van der Waals surface area (Å²) in [6.07, 6.45) is 9.35. The molecule has 4 rings (SSSR count). The lowest BCUT2D eigenvalue weighted by atomic mass is 9.43. The Labute approximate surface area is 216 Å². The molecule has 4 aliphatic carbocycles. The van der Waals surface area contributed by atoms with Crippen molar-refractivity contribution in [2.24, 2.45) is 46.3 Å². The third-order valence-electron chi connectivity index (χ3n) is 11.5. The molecule has 4 saturated carbocycles. The summed E-state index contributed by atoms with van der Waals surface area (Å²) < 4.78 is 4.86. The Kier molecular flexibility index (Phi) is 8.09. The molecule has 7 nitrogen and oxygen atoms in total. The number of ether oxygens (including phenoxy) is 1. The van der Waals surface area contributed by atoms with Crippen LogP contribution in [0.25, 0.3) is 0 Å². The smallest absolute Gasteiger partial charge is 0.305 e. The second kappa shape index (κ2) is 10.6. The standard InChI is InChI=1S/C29H47NO6/c1-17(5-12-27(35)36-4)21-8-9-22-20-7-6-18-15-19(30-25(32)10-11-26(33)34)13-14-28(18,2)23(20)16-24(31)29(21,22)3/h17-24,31H,5-16H2,1-4H3,(H,30,32)(H,33,34)/t17?,18-,19-,20?,21-,22?,23?,24+,28+,29-/m1/s1. The van der Waals surface area contributed by atoms with Gasteiger partial charge in [0, 0.05) is 18.9 Å². The first-order chi connectivity index (χ1) is 17.0. The van der Waals surface area contributed by atoms with Gasteiger partial charge in [-0.25, -0.2) is 0 Å². The first-order valence-electron chi connectivity index (χ1n) is 14.3. The molecule has 1 amide bonds. The summed E-state index contributed by atoms with van der Waals surface area (Å²) in [7, 11) is 1.45. The van der Waals surface area contributed by atoms with Gasteiger partial charge in [0.25, 0.3) is 0 Å². The van der Waals surface area contributed by atoms with Gasteiger partial charge in [0.05, 0.1) is 19.6 Å². The van der Waals surface area contributed by atoms with Crippen LogP contribution in [0, 0.1) is 46.3 Å². The molecule has 3 N–H and O–H groups in total. The second-order valence-corrected chi connectivity index (χ2v) is 13.0. The lowest BCUT2D eigenvalue weighted by Gasteiger charge is -2.62. The molecular formula is C29H47NO6. The number of carboxylic acids is 1. The molecule has 204 valence electrons. The lowest BCUT2D eigenvalue weighted by Crippen LogP contribution is -2.59. The van der Waals surface area contributed by atoms with Gasteiger partial charge < -0.3 is 20.3 Å². The van der Waals surface area contributed by atoms with Crippen LogP contribution in [0.5, 0.6) is 0 Å². The third-order valence-corrected chi connectivity index (χ3v) is 11.5. The van der Waals surface area contributed by atoms with Crippen molar-refractivity contribution < 1.29 is 29.3 Å². The predicted molar refractivity (Wildman–Crippen MR) is 136 cm³/mol. The molecule has 0 aliphatic heterocycles. The summed E-state index contributed by atoms with van der Waals surface area (Å²) in [5.74, 6) is 1.80. The van der Waals surface area contributed by atoms with Crippen molar-refractivity contribution in [3.05, 3.63) is 0 Å². The van der Waals surface area contributed by atoms with Gasteiger partial charge in [0.2, 0.25) is 5.91 Å². The number of aliphatic hydroxyl groups excluding tert-OH is 1. The molecule has 0 aromatic rings. The molecule has 4 aliphatic rings. The van der Waals surface area contributed by atoms with E-state index in [1.807, 2.05) is 0 Å². The monoisotopic (exact) mass is 505 g/mol. The number of esters is 1. The van der Waals surface area contributed by atoms with Gasteiger partial charge in [-0.1, -0.05) is 20.8 Å². The van der Waals surface area contributed by atoms with Crippen LogP contribution in [0.4, 0.5) is 0 Å². The first-order valence-corrected chi connectivity index (χ1v) is 14.3. The summed E-state index contributed by atoms with van der Waals surface area (Å²) in [6, 6.07) is 0.131. The third kappa shape index (κ3) is 4.93.